The Morgan fingerprint density at radius 1 is 0.536 bits per heavy atom. The normalized spacial score (nSPS) is 18.0. The van der Waals surface area contributed by atoms with Crippen LogP contribution in [-0.2, 0) is 28.6 Å². The summed E-state index contributed by atoms with van der Waals surface area (Å²) in [5.74, 6) is 5.33. The minimum Gasteiger partial charge on any atom is -0.493 e. The summed E-state index contributed by atoms with van der Waals surface area (Å²) in [5, 5.41) is 0. The molecule has 0 N–H and O–H groups in total. The van der Waals surface area contributed by atoms with Crippen LogP contribution in [0.4, 0.5) is 0 Å². The van der Waals surface area contributed by atoms with Gasteiger partial charge < -0.3 is 18.9 Å². The minimum absolute atomic E-state index is 0.154. The van der Waals surface area contributed by atoms with Crippen LogP contribution in [0.1, 0.15) is 83.2 Å². The molecule has 4 aromatic carbocycles. The molecule has 6 rings (SSSR count). The highest BCUT2D eigenvalue weighted by Gasteiger charge is 2.68. The Labute approximate surface area is 336 Å². The second-order valence-corrected chi connectivity index (χ2v) is 15.7. The van der Waals surface area contributed by atoms with Gasteiger partial charge in [-0.05, 0) is 60.4 Å². The minimum atomic E-state index is -1.39. The molecule has 0 fully saturated rings. The first-order chi connectivity index (χ1) is 27.3. The fourth-order valence-corrected chi connectivity index (χ4v) is 10.2. The lowest BCUT2D eigenvalue weighted by atomic mass is 9.72. The van der Waals surface area contributed by atoms with E-state index >= 15 is 9.59 Å². The number of Topliss-reactive ketones (excluding diaryl/α,β-unsaturated/α-hetero) is 2. The number of esters is 2. The molecule has 0 amide bonds. The maximum Gasteiger partial charge on any atom is 0.305 e. The fraction of sp³-hybridized carbons (Fsp3) is 0.304. The molecule has 0 saturated carbocycles. The van der Waals surface area contributed by atoms with Gasteiger partial charge in [0.05, 0.1) is 26.4 Å². The van der Waals surface area contributed by atoms with Gasteiger partial charge in [-0.1, -0.05) is 60.7 Å². The second-order valence-electron chi connectivity index (χ2n) is 13.2. The fourth-order valence-electron chi connectivity index (χ4n) is 6.79. The number of terminal acetylenes is 2. The molecular formula is C46H42O8S2. The number of unbranched alkanes of at least 4 members (excludes halogenated alkanes) is 2. The first kappa shape index (κ1) is 40.2. The van der Waals surface area contributed by atoms with Crippen LogP contribution in [0.25, 0.3) is 0 Å². The van der Waals surface area contributed by atoms with E-state index in [0.717, 1.165) is 9.79 Å². The van der Waals surface area contributed by atoms with Gasteiger partial charge in [-0.3, -0.25) is 19.2 Å². The molecule has 286 valence electrons. The molecule has 0 bridgehead atoms. The van der Waals surface area contributed by atoms with E-state index in [4.69, 9.17) is 31.8 Å². The number of thioether (sulfide) groups is 2. The predicted molar refractivity (Wildman–Crippen MR) is 217 cm³/mol. The zero-order valence-electron chi connectivity index (χ0n) is 31.0. The van der Waals surface area contributed by atoms with Gasteiger partial charge in [0, 0.05) is 59.4 Å². The Hall–Kier alpha value is -5.42. The number of ketones is 2. The summed E-state index contributed by atoms with van der Waals surface area (Å²) in [6.07, 6.45) is 14.3. The van der Waals surface area contributed by atoms with Crippen LogP contribution in [0.2, 0.25) is 0 Å². The summed E-state index contributed by atoms with van der Waals surface area (Å²) in [6.45, 7) is 1.11. The summed E-state index contributed by atoms with van der Waals surface area (Å²) < 4.78 is 19.8. The van der Waals surface area contributed by atoms with Crippen molar-refractivity contribution in [2.24, 2.45) is 0 Å². The third kappa shape index (κ3) is 8.53. The van der Waals surface area contributed by atoms with E-state index in [1.165, 1.54) is 23.5 Å². The summed E-state index contributed by atoms with van der Waals surface area (Å²) in [5.41, 5.74) is 2.46. The molecule has 10 heteroatoms. The predicted octanol–water partition coefficient (Wildman–Crippen LogP) is 8.99. The van der Waals surface area contributed by atoms with Crippen molar-refractivity contribution in [1.82, 2.24) is 0 Å². The summed E-state index contributed by atoms with van der Waals surface area (Å²) in [4.78, 5) is 55.6. The van der Waals surface area contributed by atoms with Crippen molar-refractivity contribution in [1.29, 1.82) is 0 Å². The van der Waals surface area contributed by atoms with Crippen LogP contribution in [0, 0.1) is 24.7 Å². The maximum absolute atomic E-state index is 15.1. The number of hydrogen-bond acceptors (Lipinski definition) is 10. The molecular weight excluding hydrogens is 745 g/mol. The summed E-state index contributed by atoms with van der Waals surface area (Å²) in [6, 6.07) is 29.7. The third-order valence-electron chi connectivity index (χ3n) is 9.49. The zero-order chi connectivity index (χ0) is 39.4. The Kier molecular flexibility index (Phi) is 13.6. The quantitative estimate of drug-likeness (QED) is 0.0520. The smallest absolute Gasteiger partial charge is 0.305 e. The Bertz CT molecular complexity index is 1980. The van der Waals surface area contributed by atoms with Crippen molar-refractivity contribution in [3.63, 3.8) is 0 Å². The van der Waals surface area contributed by atoms with Gasteiger partial charge in [0.25, 0.3) is 0 Å². The van der Waals surface area contributed by atoms with E-state index in [2.05, 4.69) is 11.8 Å². The van der Waals surface area contributed by atoms with E-state index in [9.17, 15) is 9.59 Å². The lowest BCUT2D eigenvalue weighted by molar-refractivity contribution is -0.144. The van der Waals surface area contributed by atoms with E-state index in [1.54, 1.807) is 0 Å². The van der Waals surface area contributed by atoms with Gasteiger partial charge in [-0.25, -0.2) is 0 Å². The van der Waals surface area contributed by atoms with Crippen molar-refractivity contribution in [2.45, 2.75) is 70.7 Å². The molecule has 0 saturated heterocycles. The summed E-state index contributed by atoms with van der Waals surface area (Å²) in [7, 11) is 0. The van der Waals surface area contributed by atoms with Crippen molar-refractivity contribution in [3.05, 3.63) is 119 Å². The number of ether oxygens (including phenoxy) is 4. The van der Waals surface area contributed by atoms with Gasteiger partial charge in [0.15, 0.2) is 11.6 Å². The molecule has 4 aromatic rings. The molecule has 2 atom stereocenters. The molecule has 56 heavy (non-hydrogen) atoms. The molecule has 2 heterocycles. The van der Waals surface area contributed by atoms with E-state index < -0.39 is 9.49 Å². The molecule has 0 spiro atoms. The molecule has 2 aliphatic rings. The number of carbonyl (C=O) groups is 4. The number of carbonyl (C=O) groups excluding carboxylic acids is 4. The van der Waals surface area contributed by atoms with Crippen LogP contribution < -0.4 is 9.47 Å². The number of rotatable bonds is 19. The average Bonchev–Trinajstić information content (AvgIpc) is 3.70. The summed E-state index contributed by atoms with van der Waals surface area (Å²) >= 11 is 2.82. The number of fused-ring (bicyclic) bond motifs is 2. The number of hydrogen-bond donors (Lipinski definition) is 0. The molecule has 0 aromatic heterocycles. The zero-order valence-corrected chi connectivity index (χ0v) is 32.6. The SMILES string of the molecule is C#CCCCC(=O)OCCCOc1ccc(C2(C3(c4ccc(OCCCOC(=O)CCCC#C)cc4)Sc4ccccc4C3=O)Sc3ccccc3C2=O)cc1. The topological polar surface area (TPSA) is 105 Å². The Morgan fingerprint density at radius 3 is 1.30 bits per heavy atom. The monoisotopic (exact) mass is 786 g/mol. The van der Waals surface area contributed by atoms with Gasteiger partial charge in [0.2, 0.25) is 0 Å². The van der Waals surface area contributed by atoms with Crippen molar-refractivity contribution in [3.8, 4) is 36.2 Å². The van der Waals surface area contributed by atoms with Gasteiger partial charge in [-0.15, -0.1) is 48.2 Å². The van der Waals surface area contributed by atoms with Crippen LogP contribution in [-0.4, -0.2) is 49.9 Å². The van der Waals surface area contributed by atoms with E-state index in [0.29, 0.717) is 85.5 Å². The highest BCUT2D eigenvalue weighted by atomic mass is 32.2. The van der Waals surface area contributed by atoms with Gasteiger partial charge in [0.1, 0.15) is 21.0 Å². The lowest BCUT2D eigenvalue weighted by Crippen LogP contribution is -2.51. The van der Waals surface area contributed by atoms with Crippen LogP contribution in [0.3, 0.4) is 0 Å². The standard InChI is InChI=1S/C46H42O8S2/c1-3-5-7-19-41(47)53-31-13-29-51-35-25-21-33(22-26-35)45(43(49)37-15-9-11-17-39(37)55-45)46(44(50)38-16-10-12-18-40(38)56-46)34-23-27-36(28-24-34)52-30-14-32-54-42(48)20-8-6-4-2/h1-2,9-12,15-18,21-28H,5-8,13-14,19-20,29-32H2. The van der Waals surface area contributed by atoms with Crippen molar-refractivity contribution in [2.75, 3.05) is 26.4 Å². The Balaban J connectivity index is 1.25. The van der Waals surface area contributed by atoms with Crippen LogP contribution >= 0.6 is 23.5 Å². The highest BCUT2D eigenvalue weighted by molar-refractivity contribution is 8.06. The maximum atomic E-state index is 15.1. The number of benzene rings is 4. The molecule has 0 aliphatic carbocycles. The second kappa shape index (κ2) is 18.9. The first-order valence-corrected chi connectivity index (χ1v) is 20.3. The molecule has 8 nitrogen and oxygen atoms in total. The van der Waals surface area contributed by atoms with Crippen molar-refractivity contribution >= 4 is 47.0 Å². The Morgan fingerprint density at radius 2 is 0.929 bits per heavy atom. The van der Waals surface area contributed by atoms with Gasteiger partial charge in [-0.2, -0.15) is 0 Å². The van der Waals surface area contributed by atoms with Gasteiger partial charge >= 0.3 is 11.9 Å². The first-order valence-electron chi connectivity index (χ1n) is 18.6. The van der Waals surface area contributed by atoms with E-state index in [1.807, 2.05) is 97.1 Å². The third-order valence-corrected chi connectivity index (χ3v) is 12.8. The highest BCUT2D eigenvalue weighted by Crippen LogP contribution is 2.69. The van der Waals surface area contributed by atoms with E-state index in [-0.39, 0.29) is 49.6 Å². The van der Waals surface area contributed by atoms with Crippen LogP contribution in [0.5, 0.6) is 11.5 Å². The largest absolute Gasteiger partial charge is 0.493 e. The van der Waals surface area contributed by atoms with Crippen LogP contribution in [0.15, 0.2) is 107 Å². The van der Waals surface area contributed by atoms with Crippen molar-refractivity contribution < 1.29 is 38.1 Å². The molecule has 2 aliphatic heterocycles. The molecule has 0 radical (unpaired) electrons. The lowest BCUT2D eigenvalue weighted by Gasteiger charge is -2.43. The molecule has 2 unspecified atom stereocenters. The average molecular weight is 787 g/mol.